The molecule has 42 heavy (non-hydrogen) atoms. The number of hydrogen-bond donors (Lipinski definition) is 1. The van der Waals surface area contributed by atoms with Gasteiger partial charge in [0.1, 0.15) is 5.75 Å². The van der Waals surface area contributed by atoms with Gasteiger partial charge >= 0.3 is 0 Å². The molecule has 2 aromatic carbocycles. The first-order chi connectivity index (χ1) is 20.0. The van der Waals surface area contributed by atoms with Crippen molar-refractivity contribution in [2.24, 2.45) is 0 Å². The van der Waals surface area contributed by atoms with Crippen LogP contribution in [0.2, 0.25) is 0 Å². The van der Waals surface area contributed by atoms with Crippen molar-refractivity contribution in [2.75, 3.05) is 11.9 Å². The summed E-state index contributed by atoms with van der Waals surface area (Å²) in [5, 5.41) is 6.32. The van der Waals surface area contributed by atoms with Gasteiger partial charge in [0.25, 0.3) is 0 Å². The van der Waals surface area contributed by atoms with Crippen LogP contribution < -0.4 is 31.6 Å². The van der Waals surface area contributed by atoms with E-state index < -0.39 is 0 Å². The zero-order valence-electron chi connectivity index (χ0n) is 25.8. The number of unbranched alkanes of at least 4 members (excludes halogenated alkanes) is 11. The summed E-state index contributed by atoms with van der Waals surface area (Å²) < 4.78 is 8.18. The van der Waals surface area contributed by atoms with Crippen molar-refractivity contribution in [1.82, 2.24) is 0 Å². The predicted molar refractivity (Wildman–Crippen MR) is 170 cm³/mol. The second-order valence-corrected chi connectivity index (χ2v) is 12.2. The first kappa shape index (κ1) is 35.7. The average molecular weight is 658 g/mol. The highest BCUT2D eigenvalue weighted by atomic mass is 79.9. The summed E-state index contributed by atoms with van der Waals surface area (Å²) in [5.74, 6) is 0.450. The number of ether oxygens (including phenoxy) is 1. The summed E-state index contributed by atoms with van der Waals surface area (Å²) in [6, 6.07) is 13.5. The Bertz CT molecular complexity index is 1230. The third-order valence-corrected chi connectivity index (χ3v) is 8.32. The Hall–Kier alpha value is -2.51. The lowest BCUT2D eigenvalue weighted by Crippen LogP contribution is -3.00. The van der Waals surface area contributed by atoms with Crippen LogP contribution in [0.25, 0.3) is 0 Å². The van der Waals surface area contributed by atoms with Crippen LogP contribution in [0.5, 0.6) is 5.75 Å². The Morgan fingerprint density at radius 1 is 0.857 bits per heavy atom. The van der Waals surface area contributed by atoms with E-state index in [1.165, 1.54) is 69.2 Å². The molecule has 0 unspecified atom stereocenters. The maximum Gasteiger partial charge on any atom is 0.234 e. The summed E-state index contributed by atoms with van der Waals surface area (Å²) in [7, 11) is 0. The number of rotatable bonds is 20. The van der Waals surface area contributed by atoms with E-state index in [9.17, 15) is 9.59 Å². The van der Waals surface area contributed by atoms with Gasteiger partial charge < -0.3 is 27.0 Å². The lowest BCUT2D eigenvalue weighted by atomic mass is 10.0. The van der Waals surface area contributed by atoms with Gasteiger partial charge in [-0.3, -0.25) is 9.59 Å². The molecule has 0 aliphatic rings. The normalized spacial score (nSPS) is 10.7. The van der Waals surface area contributed by atoms with Crippen molar-refractivity contribution in [3.05, 3.63) is 75.7 Å². The second kappa shape index (κ2) is 20.4. The van der Waals surface area contributed by atoms with Gasteiger partial charge in [0.05, 0.1) is 24.0 Å². The number of benzene rings is 2. The number of halogens is 1. The Morgan fingerprint density at radius 3 is 2.14 bits per heavy atom. The van der Waals surface area contributed by atoms with Crippen molar-refractivity contribution in [3.63, 3.8) is 0 Å². The number of nitrogens with zero attached hydrogens (tertiary/aromatic N) is 1. The molecule has 3 aromatic rings. The number of Topliss-reactive ketones (excluding diaryl/α,β-unsaturated/α-hetero) is 1. The number of anilines is 1. The topological polar surface area (TPSA) is 59.3 Å². The van der Waals surface area contributed by atoms with Gasteiger partial charge in [0.2, 0.25) is 10.9 Å². The number of nitrogens with one attached hydrogen (secondary N) is 1. The summed E-state index contributed by atoms with van der Waals surface area (Å²) in [5.41, 5.74) is 3.24. The van der Waals surface area contributed by atoms with Gasteiger partial charge in [-0.2, -0.15) is 4.57 Å². The second-order valence-electron chi connectivity index (χ2n) is 11.1. The Balaban J connectivity index is 0.00000616. The van der Waals surface area contributed by atoms with Gasteiger partial charge in [0.15, 0.2) is 18.5 Å². The van der Waals surface area contributed by atoms with E-state index >= 15 is 0 Å². The molecular formula is C35H49BrN2O3S. The van der Waals surface area contributed by atoms with Gasteiger partial charge in [-0.1, -0.05) is 107 Å². The first-order valence-corrected chi connectivity index (χ1v) is 16.4. The molecule has 3 rings (SSSR count). The Morgan fingerprint density at radius 2 is 1.52 bits per heavy atom. The van der Waals surface area contributed by atoms with Crippen molar-refractivity contribution < 1.29 is 35.9 Å². The van der Waals surface area contributed by atoms with E-state index in [-0.39, 0.29) is 35.1 Å². The molecule has 0 bridgehead atoms. The quantitative estimate of drug-likeness (QED) is 0.0942. The lowest BCUT2D eigenvalue weighted by molar-refractivity contribution is -0.689. The summed E-state index contributed by atoms with van der Waals surface area (Å²) in [4.78, 5) is 25.1. The molecular weight excluding hydrogens is 608 g/mol. The van der Waals surface area contributed by atoms with Crippen LogP contribution in [0, 0.1) is 6.92 Å². The van der Waals surface area contributed by atoms with Crippen LogP contribution in [-0.2, 0) is 17.8 Å². The van der Waals surface area contributed by atoms with E-state index in [0.717, 1.165) is 36.2 Å². The van der Waals surface area contributed by atoms with E-state index in [0.29, 0.717) is 17.9 Å². The fraction of sp³-hybridized carbons (Fsp3) is 0.514. The molecule has 0 aliphatic carbocycles. The number of amides is 1. The molecule has 1 amide bonds. The number of aryl methyl sites for hydroxylation is 1. The van der Waals surface area contributed by atoms with E-state index in [1.807, 2.05) is 30.3 Å². The average Bonchev–Trinajstić information content (AvgIpc) is 3.35. The van der Waals surface area contributed by atoms with Crippen LogP contribution >= 0.6 is 11.3 Å². The minimum atomic E-state index is -0.110. The van der Waals surface area contributed by atoms with Crippen LogP contribution in [0.15, 0.2) is 54.0 Å². The fourth-order valence-electron chi connectivity index (χ4n) is 5.09. The van der Waals surface area contributed by atoms with Crippen molar-refractivity contribution in [2.45, 2.75) is 111 Å². The molecule has 1 aromatic heterocycles. The van der Waals surface area contributed by atoms with Crippen molar-refractivity contribution in [1.29, 1.82) is 0 Å². The van der Waals surface area contributed by atoms with Gasteiger partial charge in [-0.25, -0.2) is 0 Å². The summed E-state index contributed by atoms with van der Waals surface area (Å²) in [6.07, 6.45) is 17.9. The van der Waals surface area contributed by atoms with Crippen molar-refractivity contribution in [3.8, 4) is 5.75 Å². The molecule has 0 aliphatic heterocycles. The van der Waals surface area contributed by atoms with Gasteiger partial charge in [-0.05, 0) is 43.2 Å². The zero-order valence-corrected chi connectivity index (χ0v) is 28.2. The van der Waals surface area contributed by atoms with Crippen LogP contribution in [0.4, 0.5) is 5.69 Å². The number of hydrogen-bond acceptors (Lipinski definition) is 4. The number of carbonyl (C=O) groups is 2. The summed E-state index contributed by atoms with van der Waals surface area (Å²) >= 11 is 1.72. The molecule has 0 saturated heterocycles. The molecule has 5 nitrogen and oxygen atoms in total. The smallest absolute Gasteiger partial charge is 0.234 e. The number of ketones is 1. The molecule has 0 saturated carbocycles. The van der Waals surface area contributed by atoms with Crippen LogP contribution in [-0.4, -0.2) is 18.3 Å². The van der Waals surface area contributed by atoms with Gasteiger partial charge in [-0.15, -0.1) is 0 Å². The van der Waals surface area contributed by atoms with E-state index in [4.69, 9.17) is 4.74 Å². The third kappa shape index (κ3) is 13.2. The SMILES string of the molecule is CCCCCCCCCCCCCCOc1ccc(CC(=O)Nc2cccc(C[n+]3ccsc3C)c2)cc1C(C)=O.[Br-]. The van der Waals surface area contributed by atoms with Crippen molar-refractivity contribution >= 4 is 28.7 Å². The lowest BCUT2D eigenvalue weighted by Gasteiger charge is -2.12. The Kier molecular flexibility index (Phi) is 17.3. The number of thiazole rings is 1. The Labute approximate surface area is 267 Å². The van der Waals surface area contributed by atoms with E-state index in [2.05, 4.69) is 41.4 Å². The highest BCUT2D eigenvalue weighted by Gasteiger charge is 2.13. The highest BCUT2D eigenvalue weighted by Crippen LogP contribution is 2.22. The largest absolute Gasteiger partial charge is 1.00 e. The van der Waals surface area contributed by atoms with Gasteiger partial charge in [0, 0.05) is 18.2 Å². The summed E-state index contributed by atoms with van der Waals surface area (Å²) in [6.45, 7) is 7.29. The van der Waals surface area contributed by atoms with Crippen LogP contribution in [0.1, 0.15) is 117 Å². The number of carbonyl (C=O) groups excluding carboxylic acids is 2. The fourth-order valence-corrected chi connectivity index (χ4v) is 5.75. The monoisotopic (exact) mass is 656 g/mol. The molecule has 0 atom stereocenters. The maximum atomic E-state index is 12.8. The molecule has 0 fully saturated rings. The van der Waals surface area contributed by atoms with Crippen LogP contribution in [0.3, 0.4) is 0 Å². The minimum Gasteiger partial charge on any atom is -1.00 e. The molecule has 0 radical (unpaired) electrons. The standard InChI is InChI=1S/C35H48N2O3S.BrH/c1-4-5-6-7-8-9-10-11-12-13-14-15-22-40-34-20-19-30(25-33(34)28(2)38)26-35(39)36-32-18-16-17-31(24-32)27-37-21-23-41-29(37)3;/h16-21,23-25H,4-15,22,26-27H2,1-3H3;1H. The zero-order chi connectivity index (χ0) is 29.3. The highest BCUT2D eigenvalue weighted by molar-refractivity contribution is 7.09. The molecule has 0 spiro atoms. The van der Waals surface area contributed by atoms with E-state index in [1.54, 1.807) is 24.3 Å². The maximum absolute atomic E-state index is 12.8. The first-order valence-electron chi connectivity index (χ1n) is 15.5. The minimum absolute atomic E-state index is 0. The molecule has 1 N–H and O–H groups in total. The molecule has 1 heterocycles. The third-order valence-electron chi connectivity index (χ3n) is 7.49. The molecule has 230 valence electrons. The predicted octanol–water partition coefficient (Wildman–Crippen LogP) is 5.86. The number of aromatic nitrogens is 1. The molecule has 7 heteroatoms.